The van der Waals surface area contributed by atoms with Crippen LogP contribution in [0.1, 0.15) is 43.1 Å². The first-order valence-electron chi connectivity index (χ1n) is 7.97. The number of nitrogens with one attached hydrogen (secondary N) is 1. The smallest absolute Gasteiger partial charge is 0.310 e. The molecular weight excluding hydrogens is 297 g/mol. The first kappa shape index (κ1) is 17.6. The van der Waals surface area contributed by atoms with E-state index in [1.807, 2.05) is 20.8 Å². The van der Waals surface area contributed by atoms with Gasteiger partial charge in [0.2, 0.25) is 0 Å². The number of carbonyl (C=O) groups excluding carboxylic acids is 2. The Morgan fingerprint density at radius 3 is 2.74 bits per heavy atom. The first-order valence-corrected chi connectivity index (χ1v) is 7.97. The van der Waals surface area contributed by atoms with Crippen molar-refractivity contribution in [2.24, 2.45) is 11.8 Å². The van der Waals surface area contributed by atoms with Crippen LogP contribution in [0.5, 0.6) is 0 Å². The maximum atomic E-state index is 13.6. The summed E-state index contributed by atoms with van der Waals surface area (Å²) < 4.78 is 19.2. The summed E-state index contributed by atoms with van der Waals surface area (Å²) in [6, 6.07) is 4.21. The average Bonchev–Trinajstić information content (AvgIpc) is 2.96. The zero-order valence-electron chi connectivity index (χ0n) is 13.9. The molecule has 1 fully saturated rings. The summed E-state index contributed by atoms with van der Waals surface area (Å²) in [5.41, 5.74) is 0.374. The molecule has 2 atom stereocenters. The summed E-state index contributed by atoms with van der Waals surface area (Å²) in [6.07, 6.45) is 1.88. The van der Waals surface area contributed by atoms with Crippen molar-refractivity contribution >= 4 is 12.3 Å². The third-order valence-corrected chi connectivity index (χ3v) is 3.95. The summed E-state index contributed by atoms with van der Waals surface area (Å²) in [6.45, 7) is 7.12. The second kappa shape index (κ2) is 7.21. The molecule has 2 rings (SSSR count). The predicted octanol–water partition coefficient (Wildman–Crippen LogP) is 2.75. The SMILES string of the molecule is CC(C)(C)OC(=O)[C@@H](Cc1cc(F)cc(C=O)c1)[C@H]1CCNC1. The van der Waals surface area contributed by atoms with Gasteiger partial charge in [0, 0.05) is 5.56 Å². The summed E-state index contributed by atoms with van der Waals surface area (Å²) in [7, 11) is 0. The lowest BCUT2D eigenvalue weighted by atomic mass is 9.85. The highest BCUT2D eigenvalue weighted by Crippen LogP contribution is 2.27. The summed E-state index contributed by atoms with van der Waals surface area (Å²) in [5, 5.41) is 3.25. The average molecular weight is 321 g/mol. The fourth-order valence-corrected chi connectivity index (χ4v) is 2.96. The number of hydrogen-bond acceptors (Lipinski definition) is 4. The summed E-state index contributed by atoms with van der Waals surface area (Å²) >= 11 is 0. The number of halogens is 1. The van der Waals surface area contributed by atoms with Crippen LogP contribution in [0.15, 0.2) is 18.2 Å². The van der Waals surface area contributed by atoms with E-state index < -0.39 is 11.4 Å². The number of hydrogen-bond donors (Lipinski definition) is 1. The lowest BCUT2D eigenvalue weighted by Crippen LogP contribution is -2.34. The molecule has 0 saturated carbocycles. The van der Waals surface area contributed by atoms with Gasteiger partial charge in [-0.15, -0.1) is 0 Å². The maximum Gasteiger partial charge on any atom is 0.310 e. The van der Waals surface area contributed by atoms with E-state index in [1.54, 1.807) is 6.07 Å². The zero-order chi connectivity index (χ0) is 17.0. The van der Waals surface area contributed by atoms with E-state index >= 15 is 0 Å². The van der Waals surface area contributed by atoms with Crippen LogP contribution >= 0.6 is 0 Å². The van der Waals surface area contributed by atoms with Gasteiger partial charge in [0.15, 0.2) is 0 Å². The van der Waals surface area contributed by atoms with Crippen LogP contribution in [0, 0.1) is 17.7 Å². The molecule has 1 aromatic rings. The molecule has 0 radical (unpaired) electrons. The third-order valence-electron chi connectivity index (χ3n) is 3.95. The van der Waals surface area contributed by atoms with Gasteiger partial charge >= 0.3 is 5.97 Å². The maximum absolute atomic E-state index is 13.6. The van der Waals surface area contributed by atoms with Crippen molar-refractivity contribution in [3.8, 4) is 0 Å². The Balaban J connectivity index is 2.22. The van der Waals surface area contributed by atoms with E-state index in [1.165, 1.54) is 12.1 Å². The van der Waals surface area contributed by atoms with E-state index in [0.29, 0.717) is 18.3 Å². The predicted molar refractivity (Wildman–Crippen MR) is 85.8 cm³/mol. The van der Waals surface area contributed by atoms with E-state index in [0.717, 1.165) is 19.5 Å². The van der Waals surface area contributed by atoms with Gasteiger partial charge in [0.1, 0.15) is 17.7 Å². The lowest BCUT2D eigenvalue weighted by molar-refractivity contribution is -0.161. The molecule has 1 N–H and O–H groups in total. The van der Waals surface area contributed by atoms with Crippen molar-refractivity contribution in [3.05, 3.63) is 35.1 Å². The molecule has 1 aliphatic heterocycles. The first-order chi connectivity index (χ1) is 10.8. The van der Waals surface area contributed by atoms with E-state index in [9.17, 15) is 14.0 Å². The quantitative estimate of drug-likeness (QED) is 0.669. The van der Waals surface area contributed by atoms with E-state index in [4.69, 9.17) is 4.74 Å². The number of carbonyl (C=O) groups is 2. The monoisotopic (exact) mass is 321 g/mol. The fourth-order valence-electron chi connectivity index (χ4n) is 2.96. The number of esters is 1. The highest BCUT2D eigenvalue weighted by molar-refractivity contribution is 5.76. The van der Waals surface area contributed by atoms with Crippen LogP contribution < -0.4 is 5.32 Å². The lowest BCUT2D eigenvalue weighted by Gasteiger charge is -2.27. The van der Waals surface area contributed by atoms with Crippen LogP contribution in [0.4, 0.5) is 4.39 Å². The Kier molecular flexibility index (Phi) is 5.52. The highest BCUT2D eigenvalue weighted by atomic mass is 19.1. The molecule has 126 valence electrons. The molecule has 0 aliphatic carbocycles. The Hall–Kier alpha value is -1.75. The van der Waals surface area contributed by atoms with Gasteiger partial charge in [-0.3, -0.25) is 9.59 Å². The largest absolute Gasteiger partial charge is 0.460 e. The van der Waals surface area contributed by atoms with Gasteiger partial charge in [-0.2, -0.15) is 0 Å². The van der Waals surface area contributed by atoms with Gasteiger partial charge in [-0.25, -0.2) is 4.39 Å². The summed E-state index contributed by atoms with van der Waals surface area (Å²) in [4.78, 5) is 23.5. The van der Waals surface area contributed by atoms with Crippen LogP contribution in [-0.4, -0.2) is 30.9 Å². The number of ether oxygens (including phenoxy) is 1. The molecule has 0 aromatic heterocycles. The molecule has 4 nitrogen and oxygen atoms in total. The fraction of sp³-hybridized carbons (Fsp3) is 0.556. The Morgan fingerprint density at radius 2 is 2.17 bits per heavy atom. The Bertz CT molecular complexity index is 574. The molecule has 0 unspecified atom stereocenters. The molecular formula is C18H24FNO3. The molecule has 5 heteroatoms. The second-order valence-electron chi connectivity index (χ2n) is 7.11. The topological polar surface area (TPSA) is 55.4 Å². The molecule has 0 bridgehead atoms. The molecule has 1 aromatic carbocycles. The molecule has 0 amide bonds. The van der Waals surface area contributed by atoms with Crippen LogP contribution in [0.2, 0.25) is 0 Å². The van der Waals surface area contributed by atoms with Crippen molar-refractivity contribution in [2.75, 3.05) is 13.1 Å². The number of benzene rings is 1. The van der Waals surface area contributed by atoms with E-state index in [-0.39, 0.29) is 23.4 Å². The van der Waals surface area contributed by atoms with Gasteiger partial charge in [-0.1, -0.05) is 0 Å². The number of aldehydes is 1. The van der Waals surface area contributed by atoms with Gasteiger partial charge in [0.25, 0.3) is 0 Å². The van der Waals surface area contributed by atoms with Crippen molar-refractivity contribution in [1.29, 1.82) is 0 Å². The highest BCUT2D eigenvalue weighted by Gasteiger charge is 2.34. The molecule has 1 heterocycles. The Morgan fingerprint density at radius 1 is 1.43 bits per heavy atom. The minimum Gasteiger partial charge on any atom is -0.460 e. The molecule has 1 saturated heterocycles. The van der Waals surface area contributed by atoms with Crippen LogP contribution in [0.3, 0.4) is 0 Å². The van der Waals surface area contributed by atoms with Crippen LogP contribution in [-0.2, 0) is 16.0 Å². The van der Waals surface area contributed by atoms with E-state index in [2.05, 4.69) is 5.32 Å². The minimum atomic E-state index is -0.558. The molecule has 0 spiro atoms. The standard InChI is InChI=1S/C18H24FNO3/c1-18(2,3)23-17(22)16(14-4-5-20-10-14)9-12-6-13(11-21)8-15(19)7-12/h6-8,11,14,16,20H,4-5,9-10H2,1-3H3/t14-,16-/m0/s1. The second-order valence-corrected chi connectivity index (χ2v) is 7.11. The van der Waals surface area contributed by atoms with Gasteiger partial charge in [-0.05, 0) is 76.4 Å². The molecule has 1 aliphatic rings. The Labute approximate surface area is 136 Å². The number of rotatable bonds is 5. The summed E-state index contributed by atoms with van der Waals surface area (Å²) in [5.74, 6) is -0.904. The molecule has 23 heavy (non-hydrogen) atoms. The van der Waals surface area contributed by atoms with Crippen molar-refractivity contribution in [1.82, 2.24) is 5.32 Å². The van der Waals surface area contributed by atoms with Gasteiger partial charge in [0.05, 0.1) is 5.92 Å². The van der Waals surface area contributed by atoms with Crippen molar-refractivity contribution in [3.63, 3.8) is 0 Å². The van der Waals surface area contributed by atoms with Crippen LogP contribution in [0.25, 0.3) is 0 Å². The van der Waals surface area contributed by atoms with Gasteiger partial charge < -0.3 is 10.1 Å². The third kappa shape index (κ3) is 5.13. The van der Waals surface area contributed by atoms with Crippen molar-refractivity contribution < 1.29 is 18.7 Å². The zero-order valence-corrected chi connectivity index (χ0v) is 13.9. The minimum absolute atomic E-state index is 0.160. The van der Waals surface area contributed by atoms with Crippen molar-refractivity contribution in [2.45, 2.75) is 39.2 Å². The normalized spacial score (nSPS) is 19.4.